The normalized spacial score (nSPS) is 13.6. The van der Waals surface area contributed by atoms with Gasteiger partial charge < -0.3 is 5.32 Å². The Bertz CT molecular complexity index is 483. The number of anilines is 2. The molecule has 1 rings (SSSR count). The molecule has 1 aromatic rings. The minimum absolute atomic E-state index is 0.000460. The van der Waals surface area contributed by atoms with Crippen LogP contribution in [0.3, 0.4) is 0 Å². The standard InChI is InChI=1S/C9H16N6O3S/c1-6(19(2)18)3-4-11-8-7(15(16)17)5-12-9(13-8)14-10/h5-6H,3-4,10H2,1-2H3,(H2,11,12,13,14). The van der Waals surface area contributed by atoms with Crippen molar-refractivity contribution in [3.63, 3.8) is 0 Å². The van der Waals surface area contributed by atoms with Crippen molar-refractivity contribution in [1.82, 2.24) is 9.97 Å². The molecule has 2 atom stereocenters. The number of nitrogens with zero attached hydrogens (tertiary/aromatic N) is 3. The predicted molar refractivity (Wildman–Crippen MR) is 73.1 cm³/mol. The van der Waals surface area contributed by atoms with E-state index in [2.05, 4.69) is 20.7 Å². The Hall–Kier alpha value is -1.81. The molecule has 106 valence electrons. The minimum atomic E-state index is -0.927. The summed E-state index contributed by atoms with van der Waals surface area (Å²) in [7, 11) is -0.927. The Morgan fingerprint density at radius 2 is 2.32 bits per heavy atom. The van der Waals surface area contributed by atoms with Crippen LogP contribution in [0.25, 0.3) is 0 Å². The van der Waals surface area contributed by atoms with Crippen LogP contribution in [0.5, 0.6) is 0 Å². The Balaban J connectivity index is 2.75. The number of hydrazine groups is 1. The summed E-state index contributed by atoms with van der Waals surface area (Å²) < 4.78 is 11.2. The van der Waals surface area contributed by atoms with E-state index in [1.165, 1.54) is 0 Å². The predicted octanol–water partition coefficient (Wildman–Crippen LogP) is 0.239. The van der Waals surface area contributed by atoms with Gasteiger partial charge in [-0.25, -0.2) is 10.8 Å². The molecule has 9 nitrogen and oxygen atoms in total. The van der Waals surface area contributed by atoms with E-state index in [0.29, 0.717) is 13.0 Å². The molecule has 0 aliphatic heterocycles. The van der Waals surface area contributed by atoms with Crippen LogP contribution in [0.2, 0.25) is 0 Å². The number of hydrogen-bond acceptors (Lipinski definition) is 8. The Labute approximate surface area is 112 Å². The van der Waals surface area contributed by atoms with Gasteiger partial charge in [-0.3, -0.25) is 19.7 Å². The maximum Gasteiger partial charge on any atom is 0.329 e. The van der Waals surface area contributed by atoms with Gasteiger partial charge in [0.05, 0.1) is 4.92 Å². The fourth-order valence-electron chi connectivity index (χ4n) is 1.27. The molecule has 0 amide bonds. The van der Waals surface area contributed by atoms with Gasteiger partial charge in [-0.15, -0.1) is 0 Å². The number of nitrogens with one attached hydrogen (secondary N) is 2. The van der Waals surface area contributed by atoms with Crippen molar-refractivity contribution in [2.45, 2.75) is 18.6 Å². The zero-order valence-corrected chi connectivity index (χ0v) is 11.4. The first-order chi connectivity index (χ1) is 8.95. The zero-order valence-electron chi connectivity index (χ0n) is 10.6. The smallest absolute Gasteiger partial charge is 0.329 e. The lowest BCUT2D eigenvalue weighted by Crippen LogP contribution is -2.17. The summed E-state index contributed by atoms with van der Waals surface area (Å²) in [4.78, 5) is 17.8. The quantitative estimate of drug-likeness (QED) is 0.368. The van der Waals surface area contributed by atoms with Crippen molar-refractivity contribution < 1.29 is 9.13 Å². The van der Waals surface area contributed by atoms with Crippen molar-refractivity contribution in [1.29, 1.82) is 0 Å². The summed E-state index contributed by atoms with van der Waals surface area (Å²) in [6, 6.07) is 0. The van der Waals surface area contributed by atoms with Gasteiger partial charge in [-0.2, -0.15) is 4.98 Å². The molecule has 0 spiro atoms. The molecule has 0 saturated carbocycles. The van der Waals surface area contributed by atoms with Crippen LogP contribution in [0.4, 0.5) is 17.5 Å². The second kappa shape index (κ2) is 6.95. The van der Waals surface area contributed by atoms with Crippen molar-refractivity contribution in [3.8, 4) is 0 Å². The lowest BCUT2D eigenvalue weighted by atomic mass is 10.3. The van der Waals surface area contributed by atoms with Crippen molar-refractivity contribution in [2.75, 3.05) is 23.5 Å². The fraction of sp³-hybridized carbons (Fsp3) is 0.556. The SMILES string of the molecule is CC(CCNc1nc(NN)ncc1[N+](=O)[O-])S(C)=O. The van der Waals surface area contributed by atoms with Crippen LogP contribution < -0.4 is 16.6 Å². The molecule has 0 aromatic carbocycles. The molecule has 0 aliphatic carbocycles. The summed E-state index contributed by atoms with van der Waals surface area (Å²) in [5, 5.41) is 13.6. The van der Waals surface area contributed by atoms with Crippen LogP contribution in [0.1, 0.15) is 13.3 Å². The molecule has 1 aromatic heterocycles. The number of nitro groups is 1. The van der Waals surface area contributed by atoms with E-state index < -0.39 is 15.7 Å². The number of nitrogen functional groups attached to an aromatic ring is 1. The molecule has 10 heteroatoms. The number of hydrogen-bond donors (Lipinski definition) is 3. The van der Waals surface area contributed by atoms with E-state index in [9.17, 15) is 14.3 Å². The third kappa shape index (κ3) is 4.41. The van der Waals surface area contributed by atoms with Crippen LogP contribution >= 0.6 is 0 Å². The van der Waals surface area contributed by atoms with E-state index in [1.54, 1.807) is 6.26 Å². The van der Waals surface area contributed by atoms with Crippen LogP contribution in [0.15, 0.2) is 6.20 Å². The molecule has 0 fully saturated rings. The lowest BCUT2D eigenvalue weighted by Gasteiger charge is -2.10. The first-order valence-corrected chi connectivity index (χ1v) is 7.12. The van der Waals surface area contributed by atoms with E-state index in [0.717, 1.165) is 6.20 Å². The average molecular weight is 288 g/mol. The summed E-state index contributed by atoms with van der Waals surface area (Å²) >= 11 is 0. The minimum Gasteiger partial charge on any atom is -0.364 e. The highest BCUT2D eigenvalue weighted by Crippen LogP contribution is 2.21. The van der Waals surface area contributed by atoms with Gasteiger partial charge >= 0.3 is 5.69 Å². The van der Waals surface area contributed by atoms with Crippen molar-refractivity contribution in [3.05, 3.63) is 16.3 Å². The molecule has 2 unspecified atom stereocenters. The van der Waals surface area contributed by atoms with Gasteiger partial charge in [-0.05, 0) is 6.42 Å². The first-order valence-electron chi connectivity index (χ1n) is 5.49. The summed E-state index contributed by atoms with van der Waals surface area (Å²) in [5.41, 5.74) is 1.99. The van der Waals surface area contributed by atoms with Crippen LogP contribution in [-0.2, 0) is 10.8 Å². The highest BCUT2D eigenvalue weighted by Gasteiger charge is 2.17. The van der Waals surface area contributed by atoms with Gasteiger partial charge in [0.25, 0.3) is 0 Å². The maximum absolute atomic E-state index is 11.2. The molecule has 1 heterocycles. The number of aromatic nitrogens is 2. The highest BCUT2D eigenvalue weighted by molar-refractivity contribution is 7.84. The molecular formula is C9H16N6O3S. The molecule has 19 heavy (non-hydrogen) atoms. The van der Waals surface area contributed by atoms with Crippen molar-refractivity contribution >= 4 is 28.3 Å². The third-order valence-corrected chi connectivity index (χ3v) is 3.87. The Kier molecular flexibility index (Phi) is 5.57. The maximum atomic E-state index is 11.2. The van der Waals surface area contributed by atoms with Crippen LogP contribution in [0, 0.1) is 10.1 Å². The molecule has 0 aliphatic rings. The van der Waals surface area contributed by atoms with Gasteiger partial charge in [0.1, 0.15) is 6.20 Å². The second-order valence-electron chi connectivity index (χ2n) is 3.85. The molecule has 0 bridgehead atoms. The van der Waals surface area contributed by atoms with Crippen LogP contribution in [-0.4, -0.2) is 37.2 Å². The zero-order chi connectivity index (χ0) is 14.4. The summed E-state index contributed by atoms with van der Waals surface area (Å²) in [6.45, 7) is 2.27. The first kappa shape index (κ1) is 15.2. The van der Waals surface area contributed by atoms with Gasteiger partial charge in [0, 0.05) is 28.9 Å². The Morgan fingerprint density at radius 1 is 1.63 bits per heavy atom. The Morgan fingerprint density at radius 3 is 2.84 bits per heavy atom. The largest absolute Gasteiger partial charge is 0.364 e. The van der Waals surface area contributed by atoms with Gasteiger partial charge in [-0.1, -0.05) is 6.92 Å². The topological polar surface area (TPSA) is 136 Å². The highest BCUT2D eigenvalue weighted by atomic mass is 32.2. The van der Waals surface area contributed by atoms with E-state index >= 15 is 0 Å². The summed E-state index contributed by atoms with van der Waals surface area (Å²) in [6.07, 6.45) is 3.30. The fourth-order valence-corrected chi connectivity index (χ4v) is 1.72. The lowest BCUT2D eigenvalue weighted by molar-refractivity contribution is -0.384. The monoisotopic (exact) mass is 288 g/mol. The van der Waals surface area contributed by atoms with E-state index in [-0.39, 0.29) is 22.7 Å². The average Bonchev–Trinajstić information content (AvgIpc) is 2.37. The molecule has 0 saturated heterocycles. The van der Waals surface area contributed by atoms with Gasteiger partial charge in [0.2, 0.25) is 11.8 Å². The molecule has 0 radical (unpaired) electrons. The van der Waals surface area contributed by atoms with E-state index in [4.69, 9.17) is 5.84 Å². The number of rotatable bonds is 7. The second-order valence-corrected chi connectivity index (χ2v) is 5.66. The molecular weight excluding hydrogens is 272 g/mol. The third-order valence-electron chi connectivity index (χ3n) is 2.51. The van der Waals surface area contributed by atoms with E-state index in [1.807, 2.05) is 6.92 Å². The number of nitrogens with two attached hydrogens (primary N) is 1. The molecule has 4 N–H and O–H groups in total. The summed E-state index contributed by atoms with van der Waals surface area (Å²) in [5.74, 6) is 5.32. The van der Waals surface area contributed by atoms with Gasteiger partial charge in [0.15, 0.2) is 0 Å². The van der Waals surface area contributed by atoms with Crippen molar-refractivity contribution in [2.24, 2.45) is 5.84 Å².